The van der Waals surface area contributed by atoms with Crippen molar-refractivity contribution in [3.05, 3.63) is 22.5 Å². The number of rotatable bonds is 3. The van der Waals surface area contributed by atoms with Crippen molar-refractivity contribution in [2.45, 2.75) is 25.8 Å². The second kappa shape index (κ2) is 3.69. The summed E-state index contributed by atoms with van der Waals surface area (Å²) in [6.07, 6.45) is 0.962. The number of hydrogen-bond donors (Lipinski definition) is 1. The van der Waals surface area contributed by atoms with Gasteiger partial charge in [0, 0.05) is 18.2 Å². The molecule has 0 amide bonds. The molecule has 1 N–H and O–H groups in total. The smallest absolute Gasteiger partial charge is 0.377 e. The highest BCUT2D eigenvalue weighted by molar-refractivity contribution is 6.40. The van der Waals surface area contributed by atoms with Crippen LogP contribution in [0.5, 0.6) is 0 Å². The standard InChI is InChI=1S/C13H13NO5/c1-5-8(11(15)12(16)17)10-7-3-6(7)4-14(10)9(5)13(18)19-2/h6-7H,3-4H2,1-2H3,(H,16,17)/t6-,7-/m1/s1. The molecule has 1 aromatic rings. The molecule has 3 rings (SSSR count). The number of nitrogens with zero attached hydrogens (tertiary/aromatic N) is 1. The van der Waals surface area contributed by atoms with Crippen molar-refractivity contribution in [3.63, 3.8) is 0 Å². The van der Waals surface area contributed by atoms with E-state index in [2.05, 4.69) is 0 Å². The summed E-state index contributed by atoms with van der Waals surface area (Å²) in [5.41, 5.74) is 1.61. The number of aliphatic carboxylic acids is 1. The van der Waals surface area contributed by atoms with Crippen molar-refractivity contribution in [1.82, 2.24) is 4.57 Å². The Morgan fingerprint density at radius 2 is 2.05 bits per heavy atom. The van der Waals surface area contributed by atoms with Crippen LogP contribution in [0.25, 0.3) is 0 Å². The van der Waals surface area contributed by atoms with Gasteiger partial charge in [0.05, 0.1) is 12.7 Å². The average molecular weight is 263 g/mol. The predicted octanol–water partition coefficient (Wildman–Crippen LogP) is 0.968. The molecule has 2 aliphatic rings. The largest absolute Gasteiger partial charge is 0.475 e. The molecule has 0 radical (unpaired) electrons. The Morgan fingerprint density at radius 1 is 1.37 bits per heavy atom. The minimum Gasteiger partial charge on any atom is -0.475 e. The van der Waals surface area contributed by atoms with Gasteiger partial charge in [-0.2, -0.15) is 0 Å². The first-order chi connectivity index (χ1) is 8.97. The van der Waals surface area contributed by atoms with Crippen LogP contribution in [0.1, 0.15) is 44.4 Å². The molecule has 2 heterocycles. The molecule has 0 bridgehead atoms. The van der Waals surface area contributed by atoms with Gasteiger partial charge in [0.1, 0.15) is 5.69 Å². The maximum atomic E-state index is 11.8. The summed E-state index contributed by atoms with van der Waals surface area (Å²) in [7, 11) is 1.27. The number of carbonyl (C=O) groups excluding carboxylic acids is 2. The number of ketones is 1. The van der Waals surface area contributed by atoms with Crippen LogP contribution in [0.4, 0.5) is 0 Å². The van der Waals surface area contributed by atoms with E-state index in [0.717, 1.165) is 6.42 Å². The van der Waals surface area contributed by atoms with Crippen molar-refractivity contribution in [2.75, 3.05) is 7.11 Å². The number of carboxylic acids is 1. The summed E-state index contributed by atoms with van der Waals surface area (Å²) >= 11 is 0. The summed E-state index contributed by atoms with van der Waals surface area (Å²) in [4.78, 5) is 34.6. The molecule has 1 aliphatic heterocycles. The molecule has 1 aliphatic carbocycles. The second-order valence-electron chi connectivity index (χ2n) is 5.07. The first-order valence-corrected chi connectivity index (χ1v) is 6.06. The number of esters is 1. The van der Waals surface area contributed by atoms with Gasteiger partial charge in [0.15, 0.2) is 0 Å². The Kier molecular flexibility index (Phi) is 2.32. The highest BCUT2D eigenvalue weighted by Gasteiger charge is 2.51. The van der Waals surface area contributed by atoms with Crippen molar-refractivity contribution in [3.8, 4) is 0 Å². The number of carboxylic acid groups (broad SMARTS) is 1. The van der Waals surface area contributed by atoms with E-state index in [-0.39, 0.29) is 11.5 Å². The van der Waals surface area contributed by atoms with E-state index < -0.39 is 17.7 Å². The summed E-state index contributed by atoms with van der Waals surface area (Å²) in [6.45, 7) is 2.27. The van der Waals surface area contributed by atoms with Crippen molar-refractivity contribution >= 4 is 17.7 Å². The Hall–Kier alpha value is -2.11. The molecule has 6 nitrogen and oxygen atoms in total. The van der Waals surface area contributed by atoms with Crippen LogP contribution < -0.4 is 0 Å². The summed E-state index contributed by atoms with van der Waals surface area (Å²) in [5.74, 6) is -2.31. The lowest BCUT2D eigenvalue weighted by Gasteiger charge is -2.06. The first kappa shape index (κ1) is 12.0. The number of Topliss-reactive ketones (excluding diaryl/α,β-unsaturated/α-hetero) is 1. The van der Waals surface area contributed by atoms with Crippen LogP contribution in [0, 0.1) is 12.8 Å². The van der Waals surface area contributed by atoms with E-state index in [1.54, 1.807) is 11.5 Å². The van der Waals surface area contributed by atoms with Crippen LogP contribution >= 0.6 is 0 Å². The topological polar surface area (TPSA) is 85.6 Å². The van der Waals surface area contributed by atoms with Gasteiger partial charge in [0.25, 0.3) is 5.78 Å². The van der Waals surface area contributed by atoms with Crippen LogP contribution in [0.2, 0.25) is 0 Å². The van der Waals surface area contributed by atoms with Gasteiger partial charge in [-0.3, -0.25) is 4.79 Å². The van der Waals surface area contributed by atoms with E-state index in [1.807, 2.05) is 0 Å². The fourth-order valence-electron chi connectivity index (χ4n) is 3.12. The van der Waals surface area contributed by atoms with Crippen LogP contribution in [0.15, 0.2) is 0 Å². The van der Waals surface area contributed by atoms with E-state index >= 15 is 0 Å². The lowest BCUT2D eigenvalue weighted by atomic mass is 10.0. The minimum atomic E-state index is -1.49. The summed E-state index contributed by atoms with van der Waals surface area (Å²) < 4.78 is 6.49. The molecule has 2 atom stereocenters. The molecule has 0 unspecified atom stereocenters. The third kappa shape index (κ3) is 1.46. The Morgan fingerprint density at radius 3 is 2.63 bits per heavy atom. The molecule has 19 heavy (non-hydrogen) atoms. The summed E-state index contributed by atoms with van der Waals surface area (Å²) in [6, 6.07) is 0. The molecular formula is C13H13NO5. The van der Waals surface area contributed by atoms with Gasteiger partial charge in [0.2, 0.25) is 0 Å². The number of fused-ring (bicyclic) bond motifs is 3. The molecule has 0 saturated heterocycles. The van der Waals surface area contributed by atoms with Crippen molar-refractivity contribution < 1.29 is 24.2 Å². The summed E-state index contributed by atoms with van der Waals surface area (Å²) in [5, 5.41) is 8.92. The first-order valence-electron chi connectivity index (χ1n) is 6.06. The normalized spacial score (nSPS) is 22.6. The monoisotopic (exact) mass is 263 g/mol. The van der Waals surface area contributed by atoms with Gasteiger partial charge < -0.3 is 14.4 Å². The van der Waals surface area contributed by atoms with Gasteiger partial charge in [-0.05, 0) is 24.8 Å². The minimum absolute atomic E-state index is 0.179. The highest BCUT2D eigenvalue weighted by Crippen LogP contribution is 2.56. The van der Waals surface area contributed by atoms with Crippen molar-refractivity contribution in [1.29, 1.82) is 0 Å². The molecule has 100 valence electrons. The zero-order chi connectivity index (χ0) is 13.9. The van der Waals surface area contributed by atoms with Crippen LogP contribution in [0.3, 0.4) is 0 Å². The van der Waals surface area contributed by atoms with Gasteiger partial charge in [-0.25, -0.2) is 9.59 Å². The van der Waals surface area contributed by atoms with E-state index in [9.17, 15) is 14.4 Å². The molecular weight excluding hydrogens is 250 g/mol. The zero-order valence-corrected chi connectivity index (χ0v) is 10.6. The number of carbonyl (C=O) groups is 3. The quantitative estimate of drug-likeness (QED) is 0.499. The Labute approximate surface area is 109 Å². The van der Waals surface area contributed by atoms with Crippen LogP contribution in [-0.4, -0.2) is 34.5 Å². The Balaban J connectivity index is 2.22. The van der Waals surface area contributed by atoms with E-state index in [0.29, 0.717) is 29.4 Å². The van der Waals surface area contributed by atoms with Crippen molar-refractivity contribution in [2.24, 2.45) is 5.92 Å². The van der Waals surface area contributed by atoms with Gasteiger partial charge >= 0.3 is 11.9 Å². The molecule has 1 fully saturated rings. The van der Waals surface area contributed by atoms with Gasteiger partial charge in [-0.1, -0.05) is 0 Å². The lowest BCUT2D eigenvalue weighted by Crippen LogP contribution is -2.15. The Bertz CT molecular complexity index is 627. The molecule has 6 heteroatoms. The van der Waals surface area contributed by atoms with Gasteiger partial charge in [-0.15, -0.1) is 0 Å². The fraction of sp³-hybridized carbons (Fsp3) is 0.462. The number of hydrogen-bond acceptors (Lipinski definition) is 4. The fourth-order valence-corrected chi connectivity index (χ4v) is 3.12. The van der Waals surface area contributed by atoms with Crippen LogP contribution in [-0.2, 0) is 16.1 Å². The number of ether oxygens (including phenoxy) is 1. The SMILES string of the molecule is COC(=O)c1c(C)c(C(=O)C(=O)O)c2n1C[C@H]1C[C@@H]21. The lowest BCUT2D eigenvalue weighted by molar-refractivity contribution is -0.131. The molecule has 0 spiro atoms. The van der Waals surface area contributed by atoms with E-state index in [1.165, 1.54) is 7.11 Å². The molecule has 1 saturated carbocycles. The highest BCUT2D eigenvalue weighted by atomic mass is 16.5. The molecule has 1 aromatic heterocycles. The second-order valence-corrected chi connectivity index (χ2v) is 5.07. The average Bonchev–Trinajstić information content (AvgIpc) is 2.95. The predicted molar refractivity (Wildman–Crippen MR) is 63.3 cm³/mol. The molecule has 0 aromatic carbocycles. The number of methoxy groups -OCH3 is 1. The number of aromatic nitrogens is 1. The third-order valence-electron chi connectivity index (χ3n) is 4.04. The third-order valence-corrected chi connectivity index (χ3v) is 4.04. The maximum absolute atomic E-state index is 11.8. The maximum Gasteiger partial charge on any atom is 0.377 e. The van der Waals surface area contributed by atoms with E-state index in [4.69, 9.17) is 9.84 Å². The zero-order valence-electron chi connectivity index (χ0n) is 10.6.